The molecule has 0 radical (unpaired) electrons. The molecule has 0 spiro atoms. The number of carbonyl (C=O) groups excluding carboxylic acids is 1. The predicted molar refractivity (Wildman–Crippen MR) is 108 cm³/mol. The van der Waals surface area contributed by atoms with Crippen molar-refractivity contribution in [1.29, 1.82) is 0 Å². The summed E-state index contributed by atoms with van der Waals surface area (Å²) in [5.41, 5.74) is 3.20. The van der Waals surface area contributed by atoms with E-state index in [0.29, 0.717) is 15.7 Å². The molecule has 4 nitrogen and oxygen atoms in total. The van der Waals surface area contributed by atoms with Crippen molar-refractivity contribution in [1.82, 2.24) is 0 Å². The number of benzene rings is 3. The second-order valence-electron chi connectivity index (χ2n) is 5.99. The molecule has 3 aromatic carbocycles. The quantitative estimate of drug-likeness (QED) is 0.571. The first-order valence-electron chi connectivity index (χ1n) is 8.06. The fourth-order valence-corrected chi connectivity index (χ4v) is 3.02. The molecule has 3 rings (SSSR count). The number of halogens is 2. The lowest BCUT2D eigenvalue weighted by atomic mass is 10.0. The van der Waals surface area contributed by atoms with Crippen LogP contribution in [0.4, 0.5) is 5.69 Å². The molecule has 0 fully saturated rings. The molecule has 3 aromatic rings. The van der Waals surface area contributed by atoms with Crippen LogP contribution in [0.1, 0.15) is 26.3 Å². The minimum Gasteiger partial charge on any atom is -0.478 e. The molecule has 0 aliphatic heterocycles. The van der Waals surface area contributed by atoms with Crippen LogP contribution in [0.2, 0.25) is 10.0 Å². The molecule has 0 aliphatic carbocycles. The Kier molecular flexibility index (Phi) is 5.49. The zero-order valence-corrected chi connectivity index (χ0v) is 15.8. The number of nitrogens with one attached hydrogen (secondary N) is 1. The zero-order chi connectivity index (χ0) is 19.6. The van der Waals surface area contributed by atoms with E-state index in [4.69, 9.17) is 28.3 Å². The van der Waals surface area contributed by atoms with E-state index in [2.05, 4.69) is 5.32 Å². The van der Waals surface area contributed by atoms with E-state index >= 15 is 0 Å². The van der Waals surface area contributed by atoms with Crippen molar-refractivity contribution < 1.29 is 14.7 Å². The topological polar surface area (TPSA) is 66.4 Å². The number of hydrogen-bond donors (Lipinski definition) is 2. The van der Waals surface area contributed by atoms with E-state index in [1.54, 1.807) is 43.3 Å². The fourth-order valence-electron chi connectivity index (χ4n) is 2.63. The van der Waals surface area contributed by atoms with Gasteiger partial charge < -0.3 is 10.4 Å². The highest BCUT2D eigenvalue weighted by atomic mass is 35.5. The lowest BCUT2D eigenvalue weighted by Gasteiger charge is -2.12. The number of carboxylic acid groups (broad SMARTS) is 1. The molecule has 0 aromatic heterocycles. The number of amides is 1. The van der Waals surface area contributed by atoms with Gasteiger partial charge in [-0.2, -0.15) is 0 Å². The summed E-state index contributed by atoms with van der Waals surface area (Å²) in [5, 5.41) is 12.8. The summed E-state index contributed by atoms with van der Waals surface area (Å²) in [6.07, 6.45) is 0. The zero-order valence-electron chi connectivity index (χ0n) is 14.3. The normalized spacial score (nSPS) is 10.5. The van der Waals surface area contributed by atoms with Crippen LogP contribution in [0, 0.1) is 6.92 Å². The molecule has 0 bridgehead atoms. The van der Waals surface area contributed by atoms with Crippen molar-refractivity contribution in [3.8, 4) is 11.1 Å². The number of aryl methyl sites for hydroxylation is 1. The second kappa shape index (κ2) is 7.82. The third kappa shape index (κ3) is 4.30. The summed E-state index contributed by atoms with van der Waals surface area (Å²) in [5.74, 6) is -1.49. The van der Waals surface area contributed by atoms with Gasteiger partial charge in [-0.25, -0.2) is 4.79 Å². The SMILES string of the molecule is Cc1ccc(C(=O)O)cc1NC(=O)c1cc(-c2cccc(Cl)c2)ccc1Cl. The summed E-state index contributed by atoms with van der Waals surface area (Å²) in [6.45, 7) is 1.78. The van der Waals surface area contributed by atoms with Crippen molar-refractivity contribution in [2.75, 3.05) is 5.32 Å². The molecule has 27 heavy (non-hydrogen) atoms. The van der Waals surface area contributed by atoms with Gasteiger partial charge in [0.1, 0.15) is 0 Å². The van der Waals surface area contributed by atoms with Gasteiger partial charge in [0, 0.05) is 10.7 Å². The Hall–Kier alpha value is -2.82. The molecule has 0 saturated heterocycles. The van der Waals surface area contributed by atoms with Crippen molar-refractivity contribution in [3.05, 3.63) is 87.4 Å². The van der Waals surface area contributed by atoms with Gasteiger partial charge in [-0.05, 0) is 60.0 Å². The van der Waals surface area contributed by atoms with Crippen LogP contribution in [0.15, 0.2) is 60.7 Å². The smallest absolute Gasteiger partial charge is 0.335 e. The van der Waals surface area contributed by atoms with E-state index in [0.717, 1.165) is 16.7 Å². The molecule has 6 heteroatoms. The van der Waals surface area contributed by atoms with Gasteiger partial charge in [-0.3, -0.25) is 4.79 Å². The molecule has 2 N–H and O–H groups in total. The Morgan fingerprint density at radius 3 is 2.37 bits per heavy atom. The number of carbonyl (C=O) groups is 2. The van der Waals surface area contributed by atoms with E-state index < -0.39 is 11.9 Å². The summed E-state index contributed by atoms with van der Waals surface area (Å²) in [7, 11) is 0. The van der Waals surface area contributed by atoms with Gasteiger partial charge in [0.05, 0.1) is 16.1 Å². The highest BCUT2D eigenvalue weighted by Gasteiger charge is 2.15. The Bertz CT molecular complexity index is 1050. The fraction of sp³-hybridized carbons (Fsp3) is 0.0476. The van der Waals surface area contributed by atoms with Crippen LogP contribution in [0.5, 0.6) is 0 Å². The van der Waals surface area contributed by atoms with Crippen molar-refractivity contribution in [3.63, 3.8) is 0 Å². The molecule has 0 atom stereocenters. The van der Waals surface area contributed by atoms with Crippen LogP contribution >= 0.6 is 23.2 Å². The maximum absolute atomic E-state index is 12.7. The van der Waals surface area contributed by atoms with Gasteiger partial charge in [-0.15, -0.1) is 0 Å². The predicted octanol–water partition coefficient (Wildman–Crippen LogP) is 5.92. The average molecular weight is 400 g/mol. The Balaban J connectivity index is 1.94. The minimum absolute atomic E-state index is 0.0923. The molecule has 1 amide bonds. The maximum Gasteiger partial charge on any atom is 0.335 e. The minimum atomic E-state index is -1.06. The summed E-state index contributed by atoms with van der Waals surface area (Å²) in [6, 6.07) is 17.0. The average Bonchev–Trinajstić information content (AvgIpc) is 2.63. The highest BCUT2D eigenvalue weighted by molar-refractivity contribution is 6.34. The number of rotatable bonds is 4. The third-order valence-corrected chi connectivity index (χ3v) is 4.67. The molecule has 136 valence electrons. The second-order valence-corrected chi connectivity index (χ2v) is 6.84. The molecule has 0 aliphatic rings. The van der Waals surface area contributed by atoms with Crippen LogP contribution in [0.25, 0.3) is 11.1 Å². The number of anilines is 1. The van der Waals surface area contributed by atoms with Gasteiger partial charge in [0.25, 0.3) is 5.91 Å². The van der Waals surface area contributed by atoms with E-state index in [-0.39, 0.29) is 11.1 Å². The number of hydrogen-bond acceptors (Lipinski definition) is 2. The summed E-state index contributed by atoms with van der Waals surface area (Å²) < 4.78 is 0. The lowest BCUT2D eigenvalue weighted by Crippen LogP contribution is -2.14. The van der Waals surface area contributed by atoms with Gasteiger partial charge in [-0.1, -0.05) is 47.5 Å². The van der Waals surface area contributed by atoms with Crippen LogP contribution in [-0.4, -0.2) is 17.0 Å². The maximum atomic E-state index is 12.7. The van der Waals surface area contributed by atoms with Crippen LogP contribution in [0.3, 0.4) is 0 Å². The largest absolute Gasteiger partial charge is 0.478 e. The Morgan fingerprint density at radius 1 is 0.926 bits per heavy atom. The van der Waals surface area contributed by atoms with E-state index in [1.165, 1.54) is 12.1 Å². The van der Waals surface area contributed by atoms with Crippen molar-refractivity contribution in [2.45, 2.75) is 6.92 Å². The Morgan fingerprint density at radius 2 is 1.67 bits per heavy atom. The van der Waals surface area contributed by atoms with Gasteiger partial charge >= 0.3 is 5.97 Å². The molecular formula is C21H15Cl2NO3. The van der Waals surface area contributed by atoms with Crippen molar-refractivity contribution >= 4 is 40.8 Å². The third-order valence-electron chi connectivity index (χ3n) is 4.10. The molecule has 0 saturated carbocycles. The summed E-state index contributed by atoms with van der Waals surface area (Å²) in [4.78, 5) is 23.9. The Labute approximate surface area is 166 Å². The highest BCUT2D eigenvalue weighted by Crippen LogP contribution is 2.28. The lowest BCUT2D eigenvalue weighted by molar-refractivity contribution is 0.0696. The molecule has 0 unspecified atom stereocenters. The summed E-state index contributed by atoms with van der Waals surface area (Å²) >= 11 is 12.3. The standard InChI is InChI=1S/C21H15Cl2NO3/c1-12-5-6-15(21(26)27)11-19(12)24-20(25)17-10-14(7-8-18(17)23)13-3-2-4-16(22)9-13/h2-11H,1H3,(H,24,25)(H,26,27). The van der Waals surface area contributed by atoms with Crippen LogP contribution in [-0.2, 0) is 0 Å². The monoisotopic (exact) mass is 399 g/mol. The van der Waals surface area contributed by atoms with Crippen LogP contribution < -0.4 is 5.32 Å². The first-order valence-corrected chi connectivity index (χ1v) is 8.81. The van der Waals surface area contributed by atoms with E-state index in [9.17, 15) is 9.59 Å². The van der Waals surface area contributed by atoms with E-state index in [1.807, 2.05) is 12.1 Å². The van der Waals surface area contributed by atoms with Gasteiger partial charge in [0.2, 0.25) is 0 Å². The molecule has 0 heterocycles. The number of carboxylic acids is 1. The molecular weight excluding hydrogens is 385 g/mol. The number of aromatic carboxylic acids is 1. The van der Waals surface area contributed by atoms with Gasteiger partial charge in [0.15, 0.2) is 0 Å². The first kappa shape index (κ1) is 19.0. The first-order chi connectivity index (χ1) is 12.8. The van der Waals surface area contributed by atoms with Crippen molar-refractivity contribution in [2.24, 2.45) is 0 Å².